The first-order valence-electron chi connectivity index (χ1n) is 6.74. The molecule has 0 aliphatic carbocycles. The van der Waals surface area contributed by atoms with Gasteiger partial charge in [0.15, 0.2) is 11.6 Å². The predicted molar refractivity (Wildman–Crippen MR) is 79.1 cm³/mol. The molecular formula is C14H16FN3O2S. The fourth-order valence-electron chi connectivity index (χ4n) is 2.22. The summed E-state index contributed by atoms with van der Waals surface area (Å²) < 4.78 is 23.6. The summed E-state index contributed by atoms with van der Waals surface area (Å²) >= 11 is 1.92. The first-order chi connectivity index (χ1) is 10.3. The zero-order valence-corrected chi connectivity index (χ0v) is 12.5. The van der Waals surface area contributed by atoms with Gasteiger partial charge in [-0.2, -0.15) is 16.7 Å². The van der Waals surface area contributed by atoms with Gasteiger partial charge in [0.05, 0.1) is 7.11 Å². The van der Waals surface area contributed by atoms with Gasteiger partial charge in [-0.15, -0.1) is 0 Å². The van der Waals surface area contributed by atoms with Crippen LogP contribution < -0.4 is 10.1 Å². The van der Waals surface area contributed by atoms with Gasteiger partial charge in [-0.05, 0) is 18.2 Å². The minimum Gasteiger partial charge on any atom is -0.494 e. The lowest BCUT2D eigenvalue weighted by Crippen LogP contribution is -2.38. The molecule has 1 atom stereocenters. The number of hydrogen-bond donors (Lipinski definition) is 1. The van der Waals surface area contributed by atoms with Crippen molar-refractivity contribution in [1.29, 1.82) is 0 Å². The lowest BCUT2D eigenvalue weighted by atomic mass is 10.2. The van der Waals surface area contributed by atoms with E-state index in [9.17, 15) is 4.39 Å². The molecule has 1 fully saturated rings. The second kappa shape index (κ2) is 6.44. The molecule has 1 aromatic carbocycles. The Hall–Kier alpha value is -1.60. The monoisotopic (exact) mass is 309 g/mol. The standard InChI is InChI=1S/C14H16FN3O2S/c1-19-12-6-9(2-3-11(12)15)14-17-13(20-18-14)7-10-8-21-5-4-16-10/h2-3,6,10,16H,4-5,7-8H2,1H3. The number of rotatable bonds is 4. The van der Waals surface area contributed by atoms with Crippen LogP contribution in [0.25, 0.3) is 11.4 Å². The molecule has 7 heteroatoms. The molecule has 1 aliphatic heterocycles. The van der Waals surface area contributed by atoms with E-state index in [0.717, 1.165) is 18.1 Å². The van der Waals surface area contributed by atoms with E-state index in [1.54, 1.807) is 12.1 Å². The van der Waals surface area contributed by atoms with Crippen LogP contribution in [0.1, 0.15) is 5.89 Å². The molecule has 112 valence electrons. The van der Waals surface area contributed by atoms with Gasteiger partial charge in [0.25, 0.3) is 0 Å². The minimum absolute atomic E-state index is 0.171. The number of nitrogens with one attached hydrogen (secondary N) is 1. The molecule has 1 N–H and O–H groups in total. The molecule has 0 amide bonds. The lowest BCUT2D eigenvalue weighted by Gasteiger charge is -2.21. The molecule has 1 unspecified atom stereocenters. The highest BCUT2D eigenvalue weighted by Gasteiger charge is 2.18. The maximum atomic E-state index is 13.4. The van der Waals surface area contributed by atoms with Crippen molar-refractivity contribution in [1.82, 2.24) is 15.5 Å². The summed E-state index contributed by atoms with van der Waals surface area (Å²) in [4.78, 5) is 4.37. The van der Waals surface area contributed by atoms with Crippen LogP contribution in [-0.4, -0.2) is 41.3 Å². The summed E-state index contributed by atoms with van der Waals surface area (Å²) in [5, 5.41) is 7.38. The van der Waals surface area contributed by atoms with E-state index in [2.05, 4.69) is 15.5 Å². The molecule has 2 heterocycles. The van der Waals surface area contributed by atoms with E-state index in [4.69, 9.17) is 9.26 Å². The van der Waals surface area contributed by atoms with Gasteiger partial charge in [-0.1, -0.05) is 5.16 Å². The summed E-state index contributed by atoms with van der Waals surface area (Å²) in [7, 11) is 1.43. The number of ether oxygens (including phenoxy) is 1. The largest absolute Gasteiger partial charge is 0.494 e. The van der Waals surface area contributed by atoms with Crippen molar-refractivity contribution in [2.75, 3.05) is 25.2 Å². The number of nitrogens with zero attached hydrogens (tertiary/aromatic N) is 2. The van der Waals surface area contributed by atoms with Crippen LogP contribution in [0.2, 0.25) is 0 Å². The molecule has 0 bridgehead atoms. The van der Waals surface area contributed by atoms with Crippen molar-refractivity contribution in [3.8, 4) is 17.1 Å². The third-order valence-electron chi connectivity index (χ3n) is 3.30. The molecule has 0 spiro atoms. The van der Waals surface area contributed by atoms with Crippen LogP contribution in [0.4, 0.5) is 4.39 Å². The second-order valence-corrected chi connectivity index (χ2v) is 5.94. The maximum absolute atomic E-state index is 13.4. The van der Waals surface area contributed by atoms with Crippen molar-refractivity contribution in [3.05, 3.63) is 29.9 Å². The van der Waals surface area contributed by atoms with Crippen LogP contribution in [0.5, 0.6) is 5.75 Å². The van der Waals surface area contributed by atoms with Crippen LogP contribution >= 0.6 is 11.8 Å². The van der Waals surface area contributed by atoms with Crippen molar-refractivity contribution >= 4 is 11.8 Å². The number of benzene rings is 1. The molecule has 21 heavy (non-hydrogen) atoms. The first kappa shape index (κ1) is 14.3. The average Bonchev–Trinajstić information content (AvgIpc) is 2.97. The Morgan fingerprint density at radius 1 is 1.52 bits per heavy atom. The van der Waals surface area contributed by atoms with E-state index in [-0.39, 0.29) is 5.75 Å². The third kappa shape index (κ3) is 3.36. The van der Waals surface area contributed by atoms with Gasteiger partial charge in [0, 0.05) is 36.1 Å². The Balaban J connectivity index is 1.74. The highest BCUT2D eigenvalue weighted by molar-refractivity contribution is 7.99. The molecule has 1 aromatic heterocycles. The number of hydrogen-bond acceptors (Lipinski definition) is 6. The summed E-state index contributed by atoms with van der Waals surface area (Å²) in [5.74, 6) is 2.99. The van der Waals surface area contributed by atoms with Gasteiger partial charge >= 0.3 is 0 Å². The Bertz CT molecular complexity index is 614. The summed E-state index contributed by atoms with van der Waals surface area (Å²) in [6.45, 7) is 1.01. The van der Waals surface area contributed by atoms with E-state index >= 15 is 0 Å². The van der Waals surface area contributed by atoms with E-state index < -0.39 is 5.82 Å². The molecule has 3 rings (SSSR count). The molecule has 2 aromatic rings. The van der Waals surface area contributed by atoms with Crippen LogP contribution in [0.15, 0.2) is 22.7 Å². The van der Waals surface area contributed by atoms with E-state index in [1.165, 1.54) is 13.2 Å². The zero-order valence-electron chi connectivity index (χ0n) is 11.6. The van der Waals surface area contributed by atoms with Crippen LogP contribution in [0.3, 0.4) is 0 Å². The fraction of sp³-hybridized carbons (Fsp3) is 0.429. The topological polar surface area (TPSA) is 60.2 Å². The summed E-state index contributed by atoms with van der Waals surface area (Å²) in [5.41, 5.74) is 0.675. The first-order valence-corrected chi connectivity index (χ1v) is 7.89. The summed E-state index contributed by atoms with van der Waals surface area (Å²) in [6, 6.07) is 4.88. The van der Waals surface area contributed by atoms with Gasteiger partial charge < -0.3 is 14.6 Å². The highest BCUT2D eigenvalue weighted by Crippen LogP contribution is 2.24. The van der Waals surface area contributed by atoms with E-state index in [0.29, 0.717) is 29.7 Å². The smallest absolute Gasteiger partial charge is 0.228 e. The number of methoxy groups -OCH3 is 1. The highest BCUT2D eigenvalue weighted by atomic mass is 32.2. The number of halogens is 1. The van der Waals surface area contributed by atoms with Crippen molar-refractivity contribution in [2.24, 2.45) is 0 Å². The Labute approximate surface area is 126 Å². The van der Waals surface area contributed by atoms with E-state index in [1.807, 2.05) is 11.8 Å². The lowest BCUT2D eigenvalue weighted by molar-refractivity contribution is 0.363. The van der Waals surface area contributed by atoms with Crippen molar-refractivity contribution in [3.63, 3.8) is 0 Å². The van der Waals surface area contributed by atoms with Gasteiger partial charge in [-0.3, -0.25) is 0 Å². The second-order valence-electron chi connectivity index (χ2n) is 4.79. The van der Waals surface area contributed by atoms with Crippen LogP contribution in [0, 0.1) is 5.82 Å². The summed E-state index contributed by atoms with van der Waals surface area (Å²) in [6.07, 6.45) is 0.707. The third-order valence-corrected chi connectivity index (χ3v) is 4.43. The molecule has 1 aliphatic rings. The maximum Gasteiger partial charge on any atom is 0.228 e. The SMILES string of the molecule is COc1cc(-c2noc(CC3CSCCN3)n2)ccc1F. The number of aromatic nitrogens is 2. The van der Waals surface area contributed by atoms with Crippen LogP contribution in [-0.2, 0) is 6.42 Å². The normalized spacial score (nSPS) is 18.7. The molecular weight excluding hydrogens is 293 g/mol. The zero-order chi connectivity index (χ0) is 14.7. The average molecular weight is 309 g/mol. The Morgan fingerprint density at radius 3 is 3.19 bits per heavy atom. The molecule has 5 nitrogen and oxygen atoms in total. The van der Waals surface area contributed by atoms with Gasteiger partial charge in [0.2, 0.25) is 11.7 Å². The van der Waals surface area contributed by atoms with Crippen molar-refractivity contribution < 1.29 is 13.7 Å². The minimum atomic E-state index is -0.409. The van der Waals surface area contributed by atoms with Crippen molar-refractivity contribution in [2.45, 2.75) is 12.5 Å². The Kier molecular flexibility index (Phi) is 4.40. The van der Waals surface area contributed by atoms with Gasteiger partial charge in [0.1, 0.15) is 0 Å². The van der Waals surface area contributed by atoms with Gasteiger partial charge in [-0.25, -0.2) is 4.39 Å². The quantitative estimate of drug-likeness (QED) is 0.933. The predicted octanol–water partition coefficient (Wildman–Crippen LogP) is 2.13. The fourth-order valence-corrected chi connectivity index (χ4v) is 3.16. The molecule has 1 saturated heterocycles. The molecule has 0 saturated carbocycles. The number of thioether (sulfide) groups is 1. The molecule has 0 radical (unpaired) electrons. The Morgan fingerprint density at radius 2 is 2.43 bits per heavy atom.